The zero-order valence-corrected chi connectivity index (χ0v) is 18.7. The quantitative estimate of drug-likeness (QED) is 0.612. The van der Waals surface area contributed by atoms with Crippen LogP contribution in [0.3, 0.4) is 0 Å². The Bertz CT molecular complexity index is 1230. The van der Waals surface area contributed by atoms with Gasteiger partial charge >= 0.3 is 6.01 Å². The molecule has 0 spiro atoms. The maximum atomic E-state index is 15.1. The molecule has 2 aliphatic rings. The Morgan fingerprint density at radius 1 is 1.09 bits per heavy atom. The molecule has 3 aromatic rings. The van der Waals surface area contributed by atoms with Gasteiger partial charge in [-0.25, -0.2) is 13.8 Å². The van der Waals surface area contributed by atoms with Crippen LogP contribution in [-0.4, -0.2) is 53.1 Å². The Labute approximate surface area is 189 Å². The standard InChI is InChI=1S/C23H24F2N6O2/c1-13-8-15-10-17(24)21(20(25)16(15)9-13)33-23-28-18(27-22-26-12-14(2)32-22)11-19(29-23)31-6-4-30(3)5-7-31/h9-12H,4-8H2,1-3H3,(H,26,27,28,29). The van der Waals surface area contributed by atoms with Crippen molar-refractivity contribution >= 4 is 23.7 Å². The van der Waals surface area contributed by atoms with Crippen LogP contribution in [0.15, 0.2) is 28.3 Å². The number of hydrogen-bond donors (Lipinski definition) is 1. The number of fused-ring (bicyclic) bond motifs is 1. The van der Waals surface area contributed by atoms with Gasteiger partial charge in [0.05, 0.1) is 6.20 Å². The minimum Gasteiger partial charge on any atom is -0.429 e. The van der Waals surface area contributed by atoms with Gasteiger partial charge in [-0.05, 0) is 38.9 Å². The zero-order valence-electron chi connectivity index (χ0n) is 18.7. The second-order valence-corrected chi connectivity index (χ2v) is 8.43. The van der Waals surface area contributed by atoms with Crippen LogP contribution in [0.25, 0.3) is 6.08 Å². The van der Waals surface area contributed by atoms with Crippen LogP contribution in [-0.2, 0) is 6.42 Å². The summed E-state index contributed by atoms with van der Waals surface area (Å²) in [4.78, 5) is 17.2. The molecule has 0 atom stereocenters. The maximum Gasteiger partial charge on any atom is 0.326 e. The number of benzene rings is 1. The highest BCUT2D eigenvalue weighted by molar-refractivity contribution is 5.66. The Morgan fingerprint density at radius 2 is 1.88 bits per heavy atom. The van der Waals surface area contributed by atoms with Gasteiger partial charge in [-0.2, -0.15) is 9.97 Å². The molecular formula is C23H24F2N6O2. The van der Waals surface area contributed by atoms with Crippen LogP contribution in [0.2, 0.25) is 0 Å². The minimum absolute atomic E-state index is 0.173. The van der Waals surface area contributed by atoms with Crippen LogP contribution in [0.5, 0.6) is 11.8 Å². The molecule has 1 fully saturated rings. The molecule has 1 aromatic carbocycles. The number of anilines is 3. The van der Waals surface area contributed by atoms with E-state index in [2.05, 4.69) is 37.1 Å². The third kappa shape index (κ3) is 4.38. The number of allylic oxidation sites excluding steroid dienone is 1. The SMILES string of the molecule is CC1=Cc2c(cc(F)c(Oc3nc(Nc4ncc(C)o4)cc(N4CCN(C)CC4)n3)c2F)C1. The average Bonchev–Trinajstić information content (AvgIpc) is 3.36. The lowest BCUT2D eigenvalue weighted by atomic mass is 10.1. The van der Waals surface area contributed by atoms with Gasteiger partial charge in [0.2, 0.25) is 5.75 Å². The van der Waals surface area contributed by atoms with E-state index < -0.39 is 17.4 Å². The number of likely N-dealkylation sites (N-methyl/N-ethyl adjacent to an activating group) is 1. The van der Waals surface area contributed by atoms with Crippen molar-refractivity contribution in [2.24, 2.45) is 0 Å². The first kappa shape index (κ1) is 21.3. The number of nitrogens with one attached hydrogen (secondary N) is 1. The normalized spacial score (nSPS) is 16.0. The molecule has 33 heavy (non-hydrogen) atoms. The van der Waals surface area contributed by atoms with E-state index in [1.807, 2.05) is 6.92 Å². The summed E-state index contributed by atoms with van der Waals surface area (Å²) in [7, 11) is 2.05. The molecule has 1 aliphatic heterocycles. The van der Waals surface area contributed by atoms with E-state index in [0.29, 0.717) is 34.9 Å². The lowest BCUT2D eigenvalue weighted by molar-refractivity contribution is 0.311. The summed E-state index contributed by atoms with van der Waals surface area (Å²) < 4.78 is 41.0. The van der Waals surface area contributed by atoms with Gasteiger partial charge in [-0.3, -0.25) is 5.32 Å². The number of hydrogen-bond acceptors (Lipinski definition) is 8. The first-order valence-electron chi connectivity index (χ1n) is 10.7. The maximum absolute atomic E-state index is 15.1. The second kappa shape index (κ2) is 8.43. The van der Waals surface area contributed by atoms with E-state index in [0.717, 1.165) is 31.8 Å². The van der Waals surface area contributed by atoms with E-state index in [1.54, 1.807) is 25.3 Å². The molecule has 10 heteroatoms. The molecular weight excluding hydrogens is 430 g/mol. The summed E-state index contributed by atoms with van der Waals surface area (Å²) in [6.07, 6.45) is 3.80. The molecule has 172 valence electrons. The van der Waals surface area contributed by atoms with Crippen molar-refractivity contribution in [2.45, 2.75) is 20.3 Å². The van der Waals surface area contributed by atoms with E-state index in [1.165, 1.54) is 6.07 Å². The average molecular weight is 454 g/mol. The fourth-order valence-corrected chi connectivity index (χ4v) is 3.99. The summed E-state index contributed by atoms with van der Waals surface area (Å²) >= 11 is 0. The molecule has 1 saturated heterocycles. The number of piperazine rings is 1. The van der Waals surface area contributed by atoms with Gasteiger partial charge in [-0.15, -0.1) is 0 Å². The minimum atomic E-state index is -0.791. The summed E-state index contributed by atoms with van der Waals surface area (Å²) in [6.45, 7) is 6.87. The Morgan fingerprint density at radius 3 is 2.61 bits per heavy atom. The third-order valence-electron chi connectivity index (χ3n) is 5.73. The van der Waals surface area contributed by atoms with E-state index in [4.69, 9.17) is 9.15 Å². The van der Waals surface area contributed by atoms with E-state index >= 15 is 4.39 Å². The predicted molar refractivity (Wildman–Crippen MR) is 120 cm³/mol. The van der Waals surface area contributed by atoms with Crippen molar-refractivity contribution in [1.29, 1.82) is 0 Å². The topological polar surface area (TPSA) is 79.5 Å². The Balaban J connectivity index is 1.50. The summed E-state index contributed by atoms with van der Waals surface area (Å²) in [5.74, 6) is -0.514. The van der Waals surface area contributed by atoms with E-state index in [-0.39, 0.29) is 12.0 Å². The highest BCUT2D eigenvalue weighted by Gasteiger charge is 2.25. The van der Waals surface area contributed by atoms with Crippen molar-refractivity contribution < 1.29 is 17.9 Å². The van der Waals surface area contributed by atoms with Crippen LogP contribution >= 0.6 is 0 Å². The first-order chi connectivity index (χ1) is 15.9. The van der Waals surface area contributed by atoms with Gasteiger partial charge in [0, 0.05) is 37.8 Å². The number of aryl methyl sites for hydroxylation is 1. The van der Waals surface area contributed by atoms with Gasteiger partial charge < -0.3 is 19.0 Å². The van der Waals surface area contributed by atoms with Gasteiger partial charge in [-0.1, -0.05) is 11.6 Å². The van der Waals surface area contributed by atoms with Gasteiger partial charge in [0.15, 0.2) is 11.6 Å². The van der Waals surface area contributed by atoms with Crippen molar-refractivity contribution in [1.82, 2.24) is 19.9 Å². The molecule has 1 aliphatic carbocycles. The van der Waals surface area contributed by atoms with Crippen LogP contribution in [0.4, 0.5) is 26.4 Å². The fraction of sp³-hybridized carbons (Fsp3) is 0.348. The highest BCUT2D eigenvalue weighted by Crippen LogP contribution is 2.36. The summed E-state index contributed by atoms with van der Waals surface area (Å²) in [6, 6.07) is 3.12. The molecule has 3 heterocycles. The molecule has 0 unspecified atom stereocenters. The highest BCUT2D eigenvalue weighted by atomic mass is 19.1. The van der Waals surface area contributed by atoms with E-state index in [9.17, 15) is 4.39 Å². The number of oxazole rings is 1. The monoisotopic (exact) mass is 454 g/mol. The molecule has 5 rings (SSSR count). The first-order valence-corrected chi connectivity index (χ1v) is 10.7. The van der Waals surface area contributed by atoms with Crippen molar-refractivity contribution in [3.63, 3.8) is 0 Å². The second-order valence-electron chi connectivity index (χ2n) is 8.43. The number of nitrogens with zero attached hydrogens (tertiary/aromatic N) is 5. The Hall–Kier alpha value is -3.53. The van der Waals surface area contributed by atoms with Gasteiger partial charge in [0.1, 0.15) is 17.4 Å². The van der Waals surface area contributed by atoms with Crippen molar-refractivity contribution in [3.05, 3.63) is 52.4 Å². The van der Waals surface area contributed by atoms with Crippen LogP contribution in [0.1, 0.15) is 23.8 Å². The van der Waals surface area contributed by atoms with Crippen LogP contribution < -0.4 is 15.0 Å². The number of ether oxygens (including phenoxy) is 1. The molecule has 0 amide bonds. The largest absolute Gasteiger partial charge is 0.429 e. The number of rotatable bonds is 5. The summed E-state index contributed by atoms with van der Waals surface area (Å²) in [5.41, 5.74) is 1.90. The molecule has 2 aromatic heterocycles. The van der Waals surface area contributed by atoms with Crippen LogP contribution in [0, 0.1) is 18.6 Å². The molecule has 0 bridgehead atoms. The number of aromatic nitrogens is 3. The fourth-order valence-electron chi connectivity index (χ4n) is 3.99. The molecule has 1 N–H and O–H groups in total. The van der Waals surface area contributed by atoms with Gasteiger partial charge in [0.25, 0.3) is 6.01 Å². The Kier molecular flexibility index (Phi) is 5.45. The lowest BCUT2D eigenvalue weighted by Crippen LogP contribution is -2.44. The van der Waals surface area contributed by atoms with Crippen molar-refractivity contribution in [2.75, 3.05) is 43.4 Å². The predicted octanol–water partition coefficient (Wildman–Crippen LogP) is 4.30. The molecule has 0 radical (unpaired) electrons. The zero-order chi connectivity index (χ0) is 23.1. The smallest absolute Gasteiger partial charge is 0.326 e. The lowest BCUT2D eigenvalue weighted by Gasteiger charge is -2.33. The molecule has 0 saturated carbocycles. The molecule has 8 nitrogen and oxygen atoms in total. The van der Waals surface area contributed by atoms with Crippen molar-refractivity contribution in [3.8, 4) is 11.8 Å². The summed E-state index contributed by atoms with van der Waals surface area (Å²) in [5, 5.41) is 2.97. The third-order valence-corrected chi connectivity index (χ3v) is 5.73. The number of halogens is 2.